The fourth-order valence-corrected chi connectivity index (χ4v) is 4.77. The summed E-state index contributed by atoms with van der Waals surface area (Å²) in [5, 5.41) is 11.2. The third-order valence-electron chi connectivity index (χ3n) is 5.98. The highest BCUT2D eigenvalue weighted by Gasteiger charge is 2.43. The number of benzene rings is 2. The Labute approximate surface area is 158 Å². The van der Waals surface area contributed by atoms with Crippen molar-refractivity contribution in [3.05, 3.63) is 64.8 Å². The Morgan fingerprint density at radius 2 is 2.00 bits per heavy atom. The summed E-state index contributed by atoms with van der Waals surface area (Å²) in [5.41, 5.74) is 5.40. The van der Waals surface area contributed by atoms with Gasteiger partial charge < -0.3 is 15.0 Å². The van der Waals surface area contributed by atoms with Crippen LogP contribution in [0.2, 0.25) is 0 Å². The van der Waals surface area contributed by atoms with Crippen LogP contribution >= 0.6 is 0 Å². The molecule has 0 bridgehead atoms. The number of aromatic nitrogens is 1. The molecule has 1 fully saturated rings. The van der Waals surface area contributed by atoms with Gasteiger partial charge in [0.05, 0.1) is 12.6 Å². The van der Waals surface area contributed by atoms with E-state index >= 15 is 0 Å². The Balaban J connectivity index is 1.74. The van der Waals surface area contributed by atoms with E-state index in [9.17, 15) is 9.90 Å². The summed E-state index contributed by atoms with van der Waals surface area (Å²) in [6.07, 6.45) is 0.864. The molecule has 0 aliphatic carbocycles. The molecule has 0 radical (unpaired) electrons. The Hall–Kier alpha value is -2.79. The number of phenols is 1. The summed E-state index contributed by atoms with van der Waals surface area (Å²) in [7, 11) is 2.01. The van der Waals surface area contributed by atoms with Crippen LogP contribution < -0.4 is 0 Å². The van der Waals surface area contributed by atoms with Crippen LogP contribution in [0.5, 0.6) is 5.75 Å². The summed E-state index contributed by atoms with van der Waals surface area (Å²) < 4.78 is 0. The van der Waals surface area contributed by atoms with E-state index < -0.39 is 0 Å². The second-order valence-corrected chi connectivity index (χ2v) is 7.87. The molecule has 2 aliphatic heterocycles. The van der Waals surface area contributed by atoms with E-state index in [1.807, 2.05) is 32.2 Å². The highest BCUT2D eigenvalue weighted by atomic mass is 16.3. The second kappa shape index (κ2) is 5.86. The van der Waals surface area contributed by atoms with Crippen molar-refractivity contribution < 1.29 is 9.90 Å². The van der Waals surface area contributed by atoms with Gasteiger partial charge in [0, 0.05) is 29.2 Å². The first kappa shape index (κ1) is 16.4. The molecular formula is C22H23N3O2. The number of piperazine rings is 1. The molecular weight excluding hydrogens is 338 g/mol. The standard InChI is InChI=1S/C22H23N3O2/c1-13-9-14(7-8-19(13)26)22-21-17(16-5-3-4-6-18(16)23-21)10-15-11-24(2)12-20(27)25(15)22/h3-9,15,22-23,26H,10-12H2,1-2H3/t15-,22-/m1/s1. The number of hydrogen-bond donors (Lipinski definition) is 2. The lowest BCUT2D eigenvalue weighted by Crippen LogP contribution is -2.59. The van der Waals surface area contributed by atoms with Crippen molar-refractivity contribution in [1.29, 1.82) is 0 Å². The van der Waals surface area contributed by atoms with Crippen molar-refractivity contribution in [3.8, 4) is 5.75 Å². The number of phenolic OH excluding ortho intramolecular Hbond substituents is 1. The second-order valence-electron chi connectivity index (χ2n) is 7.87. The number of H-pyrrole nitrogens is 1. The van der Waals surface area contributed by atoms with Gasteiger partial charge in [-0.2, -0.15) is 0 Å². The summed E-state index contributed by atoms with van der Waals surface area (Å²) >= 11 is 0. The van der Waals surface area contributed by atoms with Crippen molar-refractivity contribution in [2.24, 2.45) is 0 Å². The van der Waals surface area contributed by atoms with Gasteiger partial charge in [-0.25, -0.2) is 0 Å². The molecule has 2 atom stereocenters. The van der Waals surface area contributed by atoms with E-state index in [4.69, 9.17) is 0 Å². The zero-order valence-electron chi connectivity index (χ0n) is 15.6. The van der Waals surface area contributed by atoms with E-state index in [2.05, 4.69) is 33.0 Å². The number of aromatic amines is 1. The van der Waals surface area contributed by atoms with Crippen LogP contribution in [-0.4, -0.2) is 52.0 Å². The first-order chi connectivity index (χ1) is 13.0. The van der Waals surface area contributed by atoms with Crippen LogP contribution in [0.25, 0.3) is 10.9 Å². The number of aromatic hydroxyl groups is 1. The summed E-state index contributed by atoms with van der Waals surface area (Å²) in [4.78, 5) is 20.8. The van der Waals surface area contributed by atoms with Gasteiger partial charge in [0.1, 0.15) is 5.75 Å². The first-order valence-electron chi connectivity index (χ1n) is 9.41. The van der Waals surface area contributed by atoms with Crippen LogP contribution in [0.1, 0.15) is 28.4 Å². The number of carbonyl (C=O) groups excluding carboxylic acids is 1. The minimum absolute atomic E-state index is 0.147. The van der Waals surface area contributed by atoms with E-state index in [0.717, 1.165) is 35.3 Å². The lowest BCUT2D eigenvalue weighted by Gasteiger charge is -2.47. The molecule has 3 heterocycles. The Morgan fingerprint density at radius 1 is 1.19 bits per heavy atom. The average molecular weight is 361 g/mol. The molecule has 5 heteroatoms. The van der Waals surface area contributed by atoms with Crippen LogP contribution in [0.15, 0.2) is 42.5 Å². The van der Waals surface area contributed by atoms with Gasteiger partial charge >= 0.3 is 0 Å². The number of para-hydroxylation sites is 1. The van der Waals surface area contributed by atoms with Crippen LogP contribution in [-0.2, 0) is 11.2 Å². The zero-order valence-corrected chi connectivity index (χ0v) is 15.6. The third-order valence-corrected chi connectivity index (χ3v) is 5.98. The number of amides is 1. The van der Waals surface area contributed by atoms with E-state index in [-0.39, 0.29) is 23.7 Å². The molecule has 0 unspecified atom stereocenters. The molecule has 1 saturated heterocycles. The van der Waals surface area contributed by atoms with Crippen molar-refractivity contribution in [2.45, 2.75) is 25.4 Å². The van der Waals surface area contributed by atoms with E-state index in [1.165, 1.54) is 10.9 Å². The summed E-state index contributed by atoms with van der Waals surface area (Å²) in [6, 6.07) is 14.1. The smallest absolute Gasteiger partial charge is 0.237 e. The predicted molar refractivity (Wildman–Crippen MR) is 105 cm³/mol. The van der Waals surface area contributed by atoms with Gasteiger partial charge in [-0.05, 0) is 55.3 Å². The van der Waals surface area contributed by atoms with E-state index in [0.29, 0.717) is 6.54 Å². The fraction of sp³-hybridized carbons (Fsp3) is 0.318. The number of rotatable bonds is 1. The highest BCUT2D eigenvalue weighted by molar-refractivity contribution is 5.87. The lowest BCUT2D eigenvalue weighted by atomic mass is 9.86. The van der Waals surface area contributed by atoms with E-state index in [1.54, 1.807) is 6.07 Å². The van der Waals surface area contributed by atoms with Gasteiger partial charge in [0.25, 0.3) is 0 Å². The van der Waals surface area contributed by atoms with Crippen LogP contribution in [0.4, 0.5) is 0 Å². The zero-order chi connectivity index (χ0) is 18.7. The van der Waals surface area contributed by atoms with Gasteiger partial charge in [0.2, 0.25) is 5.91 Å². The molecule has 0 spiro atoms. The SMILES string of the molecule is Cc1cc([C@@H]2c3[nH]c4ccccc4c3C[C@@H]3CN(C)CC(=O)N32)ccc1O. The van der Waals surface area contributed by atoms with Gasteiger partial charge in [-0.1, -0.05) is 24.3 Å². The first-order valence-corrected chi connectivity index (χ1v) is 9.41. The van der Waals surface area contributed by atoms with Crippen molar-refractivity contribution in [2.75, 3.05) is 20.1 Å². The summed E-state index contributed by atoms with van der Waals surface area (Å²) in [5.74, 6) is 0.446. The van der Waals surface area contributed by atoms with Crippen molar-refractivity contribution >= 4 is 16.8 Å². The number of fused-ring (bicyclic) bond motifs is 4. The molecule has 0 saturated carbocycles. The summed E-state index contributed by atoms with van der Waals surface area (Å²) in [6.45, 7) is 3.22. The number of aryl methyl sites for hydroxylation is 1. The molecule has 1 aromatic heterocycles. The highest BCUT2D eigenvalue weighted by Crippen LogP contribution is 2.42. The monoisotopic (exact) mass is 361 g/mol. The number of hydrogen-bond acceptors (Lipinski definition) is 3. The quantitative estimate of drug-likeness (QED) is 0.701. The molecule has 3 aromatic rings. The van der Waals surface area contributed by atoms with Gasteiger partial charge in [-0.15, -0.1) is 0 Å². The third kappa shape index (κ3) is 2.46. The molecule has 2 N–H and O–H groups in total. The maximum absolute atomic E-state index is 13.0. The maximum Gasteiger partial charge on any atom is 0.237 e. The molecule has 5 nitrogen and oxygen atoms in total. The average Bonchev–Trinajstić information content (AvgIpc) is 3.00. The molecule has 27 heavy (non-hydrogen) atoms. The van der Waals surface area contributed by atoms with Crippen LogP contribution in [0.3, 0.4) is 0 Å². The maximum atomic E-state index is 13.0. The lowest BCUT2D eigenvalue weighted by molar-refractivity contribution is -0.142. The largest absolute Gasteiger partial charge is 0.508 e. The van der Waals surface area contributed by atoms with Crippen LogP contribution in [0, 0.1) is 6.92 Å². The Kier molecular flexibility index (Phi) is 3.56. The minimum Gasteiger partial charge on any atom is -0.508 e. The molecule has 1 amide bonds. The Bertz CT molecular complexity index is 1050. The van der Waals surface area contributed by atoms with Crippen molar-refractivity contribution in [3.63, 3.8) is 0 Å². The van der Waals surface area contributed by atoms with Crippen molar-refractivity contribution in [1.82, 2.24) is 14.8 Å². The number of likely N-dealkylation sites (N-methyl/N-ethyl adjacent to an activating group) is 1. The van der Waals surface area contributed by atoms with Gasteiger partial charge in [-0.3, -0.25) is 9.69 Å². The predicted octanol–water partition coefficient (Wildman–Crippen LogP) is 2.97. The normalized spacial score (nSPS) is 22.7. The molecule has 2 aromatic carbocycles. The molecule has 138 valence electrons. The molecule has 2 aliphatic rings. The van der Waals surface area contributed by atoms with Gasteiger partial charge in [0.15, 0.2) is 0 Å². The minimum atomic E-state index is -0.147. The number of nitrogens with zero attached hydrogens (tertiary/aromatic N) is 2. The molecule has 5 rings (SSSR count). The number of carbonyl (C=O) groups is 1. The fourth-order valence-electron chi connectivity index (χ4n) is 4.77. The number of nitrogens with one attached hydrogen (secondary N) is 1. The Morgan fingerprint density at radius 3 is 2.81 bits per heavy atom. The topological polar surface area (TPSA) is 59.6 Å².